The van der Waals surface area contributed by atoms with E-state index in [4.69, 9.17) is 0 Å². The molecular formula is C12H17N3O2S. The Morgan fingerprint density at radius 3 is 2.78 bits per heavy atom. The van der Waals surface area contributed by atoms with Crippen LogP contribution in [0.25, 0.3) is 11.0 Å². The molecule has 0 fully saturated rings. The van der Waals surface area contributed by atoms with E-state index in [1.165, 1.54) is 0 Å². The number of nitrogens with zero attached hydrogens (tertiary/aromatic N) is 2. The maximum atomic E-state index is 11.0. The minimum absolute atomic E-state index is 0.413. The predicted molar refractivity (Wildman–Crippen MR) is 72.0 cm³/mol. The number of benzene rings is 1. The normalized spacial score (nSPS) is 12.2. The number of imidazole rings is 1. The topological polar surface area (TPSA) is 64.0 Å². The van der Waals surface area contributed by atoms with Gasteiger partial charge in [-0.2, -0.15) is 0 Å². The van der Waals surface area contributed by atoms with Gasteiger partial charge in [0.1, 0.15) is 5.82 Å². The van der Waals surface area contributed by atoms with E-state index in [1.54, 1.807) is 0 Å². The molecule has 1 heterocycles. The first-order chi connectivity index (χ1) is 8.37. The third-order valence-corrected chi connectivity index (χ3v) is 3.68. The third-order valence-electron chi connectivity index (χ3n) is 2.95. The van der Waals surface area contributed by atoms with Crippen molar-refractivity contribution < 1.29 is 8.42 Å². The van der Waals surface area contributed by atoms with E-state index in [1.807, 2.05) is 36.7 Å². The molecule has 0 saturated heterocycles. The fourth-order valence-corrected chi connectivity index (χ4v) is 2.37. The van der Waals surface area contributed by atoms with Crippen molar-refractivity contribution in [1.29, 1.82) is 0 Å². The smallest absolute Gasteiger partial charge is 0.208 e. The molecule has 5 nitrogen and oxygen atoms in total. The van der Waals surface area contributed by atoms with E-state index in [2.05, 4.69) is 9.71 Å². The Labute approximate surface area is 107 Å². The summed E-state index contributed by atoms with van der Waals surface area (Å²) in [4.78, 5) is 4.45. The fourth-order valence-electron chi connectivity index (χ4n) is 1.90. The molecule has 0 spiro atoms. The van der Waals surface area contributed by atoms with Crippen molar-refractivity contribution in [2.24, 2.45) is 7.05 Å². The summed E-state index contributed by atoms with van der Waals surface area (Å²) in [5.74, 6) is 0.969. The van der Waals surface area contributed by atoms with E-state index in [0.29, 0.717) is 13.0 Å². The van der Waals surface area contributed by atoms with Gasteiger partial charge < -0.3 is 4.57 Å². The molecular weight excluding hydrogens is 250 g/mol. The molecule has 2 rings (SSSR count). The average Bonchev–Trinajstić information content (AvgIpc) is 2.53. The molecule has 2 aromatic rings. The zero-order valence-electron chi connectivity index (χ0n) is 10.8. The second-order valence-corrected chi connectivity index (χ2v) is 6.29. The van der Waals surface area contributed by atoms with Crippen molar-refractivity contribution >= 4 is 21.1 Å². The zero-order valence-corrected chi connectivity index (χ0v) is 11.6. The van der Waals surface area contributed by atoms with Crippen LogP contribution in [0.15, 0.2) is 18.2 Å². The molecule has 18 heavy (non-hydrogen) atoms. The number of sulfonamides is 1. The van der Waals surface area contributed by atoms with Crippen LogP contribution in [0.1, 0.15) is 11.4 Å². The van der Waals surface area contributed by atoms with Crippen LogP contribution in [0.2, 0.25) is 0 Å². The van der Waals surface area contributed by atoms with Gasteiger partial charge in [0.05, 0.1) is 17.3 Å². The number of aryl methyl sites for hydroxylation is 2. The molecule has 0 unspecified atom stereocenters. The van der Waals surface area contributed by atoms with Gasteiger partial charge >= 0.3 is 0 Å². The second-order valence-electron chi connectivity index (χ2n) is 4.46. The van der Waals surface area contributed by atoms with Gasteiger partial charge in [-0.15, -0.1) is 0 Å². The Bertz CT molecular complexity index is 674. The van der Waals surface area contributed by atoms with Gasteiger partial charge in [-0.25, -0.2) is 18.1 Å². The molecule has 1 N–H and O–H groups in total. The lowest BCUT2D eigenvalue weighted by molar-refractivity contribution is 0.588. The lowest BCUT2D eigenvalue weighted by atomic mass is 10.1. The molecule has 0 atom stereocenters. The van der Waals surface area contributed by atoms with Gasteiger partial charge in [0.25, 0.3) is 0 Å². The number of rotatable bonds is 4. The summed E-state index contributed by atoms with van der Waals surface area (Å²) >= 11 is 0. The van der Waals surface area contributed by atoms with Gasteiger partial charge in [0, 0.05) is 13.6 Å². The summed E-state index contributed by atoms with van der Waals surface area (Å²) in [6.07, 6.45) is 1.83. The number of hydrogen-bond donors (Lipinski definition) is 1. The highest BCUT2D eigenvalue weighted by molar-refractivity contribution is 7.88. The average molecular weight is 267 g/mol. The zero-order chi connectivity index (χ0) is 13.3. The van der Waals surface area contributed by atoms with Crippen LogP contribution < -0.4 is 4.72 Å². The summed E-state index contributed by atoms with van der Waals surface area (Å²) < 4.78 is 26.4. The maximum Gasteiger partial charge on any atom is 0.208 e. The van der Waals surface area contributed by atoms with E-state index in [0.717, 1.165) is 28.7 Å². The van der Waals surface area contributed by atoms with Gasteiger partial charge in [0.2, 0.25) is 10.0 Å². The molecule has 0 aliphatic heterocycles. The minimum Gasteiger partial charge on any atom is -0.331 e. The van der Waals surface area contributed by atoms with Crippen LogP contribution in [0.4, 0.5) is 0 Å². The second kappa shape index (κ2) is 4.70. The minimum atomic E-state index is -3.11. The van der Waals surface area contributed by atoms with Gasteiger partial charge in [-0.3, -0.25) is 0 Å². The Hall–Kier alpha value is -1.40. The Balaban J connectivity index is 2.16. The largest absolute Gasteiger partial charge is 0.331 e. The summed E-state index contributed by atoms with van der Waals surface area (Å²) in [6.45, 7) is 2.38. The first-order valence-corrected chi connectivity index (χ1v) is 7.62. The number of fused-ring (bicyclic) bond motifs is 1. The number of hydrogen-bond acceptors (Lipinski definition) is 3. The van der Waals surface area contributed by atoms with Crippen molar-refractivity contribution in [3.05, 3.63) is 29.6 Å². The lowest BCUT2D eigenvalue weighted by Gasteiger charge is -2.03. The number of nitrogens with one attached hydrogen (secondary N) is 1. The molecule has 1 aromatic heterocycles. The Morgan fingerprint density at radius 2 is 2.11 bits per heavy atom. The highest BCUT2D eigenvalue weighted by Crippen LogP contribution is 2.16. The van der Waals surface area contributed by atoms with Crippen LogP contribution >= 0.6 is 0 Å². The van der Waals surface area contributed by atoms with Crippen LogP contribution in [-0.2, 0) is 23.5 Å². The van der Waals surface area contributed by atoms with Crippen LogP contribution in [0, 0.1) is 6.92 Å². The van der Waals surface area contributed by atoms with Crippen LogP contribution in [-0.4, -0.2) is 30.8 Å². The maximum absolute atomic E-state index is 11.0. The monoisotopic (exact) mass is 267 g/mol. The van der Waals surface area contributed by atoms with Gasteiger partial charge in [-0.05, 0) is 31.0 Å². The molecule has 0 amide bonds. The first kappa shape index (κ1) is 13.0. The highest BCUT2D eigenvalue weighted by atomic mass is 32.2. The summed E-state index contributed by atoms with van der Waals surface area (Å²) in [5, 5.41) is 0. The van der Waals surface area contributed by atoms with Crippen molar-refractivity contribution in [2.45, 2.75) is 13.3 Å². The van der Waals surface area contributed by atoms with Gasteiger partial charge in [0.15, 0.2) is 0 Å². The van der Waals surface area contributed by atoms with E-state index >= 15 is 0 Å². The van der Waals surface area contributed by atoms with Crippen molar-refractivity contribution in [3.63, 3.8) is 0 Å². The van der Waals surface area contributed by atoms with E-state index in [9.17, 15) is 8.42 Å². The first-order valence-electron chi connectivity index (χ1n) is 5.73. The summed E-state index contributed by atoms with van der Waals surface area (Å²) in [7, 11) is -1.13. The molecule has 98 valence electrons. The van der Waals surface area contributed by atoms with Crippen molar-refractivity contribution in [1.82, 2.24) is 14.3 Å². The molecule has 0 saturated carbocycles. The molecule has 0 aliphatic rings. The van der Waals surface area contributed by atoms with E-state index < -0.39 is 10.0 Å². The third kappa shape index (κ3) is 2.88. The molecule has 0 bridgehead atoms. The van der Waals surface area contributed by atoms with Crippen molar-refractivity contribution in [3.8, 4) is 0 Å². The molecule has 0 radical (unpaired) electrons. The van der Waals surface area contributed by atoms with Crippen LogP contribution in [0.3, 0.4) is 0 Å². The quantitative estimate of drug-likeness (QED) is 0.898. The van der Waals surface area contributed by atoms with Crippen LogP contribution in [0.5, 0.6) is 0 Å². The predicted octanol–water partition coefficient (Wildman–Crippen LogP) is 0.973. The summed E-state index contributed by atoms with van der Waals surface area (Å²) in [6, 6.07) is 6.03. The standard InChI is InChI=1S/C12H17N3O2S/c1-9-14-11-8-10(4-5-12(11)15(9)2)6-7-13-18(3,16)17/h4-5,8,13H,6-7H2,1-3H3. The molecule has 1 aromatic carbocycles. The molecule has 0 aliphatic carbocycles. The van der Waals surface area contributed by atoms with Gasteiger partial charge in [-0.1, -0.05) is 6.07 Å². The molecule has 6 heteroatoms. The SMILES string of the molecule is Cc1nc2cc(CCNS(C)(=O)=O)ccc2n1C. The number of aromatic nitrogens is 2. The summed E-state index contributed by atoms with van der Waals surface area (Å²) in [5.41, 5.74) is 3.12. The Morgan fingerprint density at radius 1 is 1.39 bits per heavy atom. The highest BCUT2D eigenvalue weighted by Gasteiger charge is 2.05. The Kier molecular flexibility index (Phi) is 3.41. The fraction of sp³-hybridized carbons (Fsp3) is 0.417. The van der Waals surface area contributed by atoms with Crippen molar-refractivity contribution in [2.75, 3.05) is 12.8 Å². The lowest BCUT2D eigenvalue weighted by Crippen LogP contribution is -2.24. The van der Waals surface area contributed by atoms with E-state index in [-0.39, 0.29) is 0 Å².